The maximum atomic E-state index is 12.2. The zero-order chi connectivity index (χ0) is 14.8. The van der Waals surface area contributed by atoms with Crippen LogP contribution in [0.15, 0.2) is 23.1 Å². The molecule has 0 bridgehead atoms. The minimum absolute atomic E-state index is 0.103. The quantitative estimate of drug-likeness (QED) is 0.876. The number of aliphatic hydroxyl groups excluding tert-OH is 1. The number of nitrogens with zero attached hydrogens (tertiary/aromatic N) is 2. The van der Waals surface area contributed by atoms with Gasteiger partial charge in [0.15, 0.2) is 0 Å². The molecule has 0 atom stereocenters. The molecule has 1 heterocycles. The first-order chi connectivity index (χ1) is 9.46. The van der Waals surface area contributed by atoms with Gasteiger partial charge in [-0.1, -0.05) is 24.3 Å². The molecule has 0 aliphatic rings. The molecule has 1 aromatic carbocycles. The normalized spacial score (nSPS) is 11.6. The minimum Gasteiger partial charge on any atom is -0.392 e. The number of aromatic nitrogens is 2. The van der Waals surface area contributed by atoms with Gasteiger partial charge in [0, 0.05) is 0 Å². The third-order valence-corrected chi connectivity index (χ3v) is 5.01. The molecule has 6 nitrogen and oxygen atoms in total. The first-order valence-electron chi connectivity index (χ1n) is 6.02. The van der Waals surface area contributed by atoms with Crippen LogP contribution in [0.1, 0.15) is 23.1 Å². The highest BCUT2D eigenvalue weighted by Gasteiger charge is 2.17. The summed E-state index contributed by atoms with van der Waals surface area (Å²) in [5.41, 5.74) is 1.54. The lowest BCUT2D eigenvalue weighted by Crippen LogP contribution is -2.13. The fourth-order valence-corrected chi connectivity index (χ4v) is 3.65. The summed E-state index contributed by atoms with van der Waals surface area (Å²) >= 11 is 1.17. The van der Waals surface area contributed by atoms with Crippen LogP contribution in [-0.2, 0) is 23.1 Å². The smallest absolute Gasteiger partial charge is 0.263 e. The second-order valence-electron chi connectivity index (χ2n) is 4.17. The fraction of sp³-hybridized carbons (Fsp3) is 0.333. The van der Waals surface area contributed by atoms with E-state index >= 15 is 0 Å². The number of aryl methyl sites for hydroxylation is 2. The van der Waals surface area contributed by atoms with Crippen molar-refractivity contribution in [3.63, 3.8) is 0 Å². The van der Waals surface area contributed by atoms with Crippen molar-refractivity contribution in [2.75, 3.05) is 4.72 Å². The molecule has 0 spiro atoms. The van der Waals surface area contributed by atoms with E-state index in [1.54, 1.807) is 13.0 Å². The summed E-state index contributed by atoms with van der Waals surface area (Å²) in [6, 6.07) is 4.72. The molecular weight excluding hydrogens is 298 g/mol. The number of anilines is 1. The van der Waals surface area contributed by atoms with Gasteiger partial charge in [-0.25, -0.2) is 8.42 Å². The van der Waals surface area contributed by atoms with E-state index in [9.17, 15) is 13.5 Å². The molecule has 0 saturated carbocycles. The molecule has 0 saturated heterocycles. The van der Waals surface area contributed by atoms with E-state index in [1.165, 1.54) is 23.5 Å². The Kier molecular flexibility index (Phi) is 4.36. The van der Waals surface area contributed by atoms with Crippen molar-refractivity contribution in [3.05, 3.63) is 34.3 Å². The van der Waals surface area contributed by atoms with E-state index in [2.05, 4.69) is 14.9 Å². The van der Waals surface area contributed by atoms with Gasteiger partial charge in [0.25, 0.3) is 10.0 Å². The third kappa shape index (κ3) is 3.14. The predicted octanol–water partition coefficient (Wildman–Crippen LogP) is 1.70. The van der Waals surface area contributed by atoms with E-state index < -0.39 is 10.0 Å². The third-order valence-electron chi connectivity index (χ3n) is 2.79. The number of sulfonamides is 1. The number of nitrogens with one attached hydrogen (secondary N) is 1. The number of hydrogen-bond donors (Lipinski definition) is 2. The standard InChI is InChI=1S/C12H15N3O3S2/c1-3-9-4-5-11(6-10(9)7-16)20(17,18)15-12-14-13-8(2)19-12/h4-6,16H,3,7H2,1-2H3,(H,14,15). The zero-order valence-corrected chi connectivity index (χ0v) is 12.8. The van der Waals surface area contributed by atoms with Crippen molar-refractivity contribution in [1.29, 1.82) is 0 Å². The lowest BCUT2D eigenvalue weighted by Gasteiger charge is -2.09. The molecule has 0 radical (unpaired) electrons. The van der Waals surface area contributed by atoms with Crippen molar-refractivity contribution >= 4 is 26.5 Å². The number of benzene rings is 1. The monoisotopic (exact) mass is 313 g/mol. The largest absolute Gasteiger partial charge is 0.392 e. The molecule has 0 amide bonds. The number of hydrogen-bond acceptors (Lipinski definition) is 6. The Bertz CT molecular complexity index is 710. The lowest BCUT2D eigenvalue weighted by molar-refractivity contribution is 0.280. The number of aliphatic hydroxyl groups is 1. The van der Waals surface area contributed by atoms with Crippen molar-refractivity contribution in [2.45, 2.75) is 31.8 Å². The Balaban J connectivity index is 2.34. The van der Waals surface area contributed by atoms with Gasteiger partial charge in [0.2, 0.25) is 5.13 Å². The van der Waals surface area contributed by atoms with Gasteiger partial charge in [0.05, 0.1) is 11.5 Å². The van der Waals surface area contributed by atoms with Crippen LogP contribution in [0.3, 0.4) is 0 Å². The summed E-state index contributed by atoms with van der Waals surface area (Å²) in [4.78, 5) is 0.103. The predicted molar refractivity (Wildman–Crippen MR) is 77.2 cm³/mol. The summed E-state index contributed by atoms with van der Waals surface area (Å²) in [7, 11) is -3.71. The Morgan fingerprint density at radius 3 is 2.60 bits per heavy atom. The number of rotatable bonds is 5. The molecular formula is C12H15N3O3S2. The van der Waals surface area contributed by atoms with Crippen LogP contribution >= 0.6 is 11.3 Å². The molecule has 2 aromatic rings. The minimum atomic E-state index is -3.71. The van der Waals surface area contributed by atoms with E-state index in [1.807, 2.05) is 6.92 Å². The van der Waals surface area contributed by atoms with E-state index in [0.717, 1.165) is 12.0 Å². The van der Waals surface area contributed by atoms with Crippen LogP contribution in [0, 0.1) is 6.92 Å². The second-order valence-corrected chi connectivity index (χ2v) is 7.04. The highest BCUT2D eigenvalue weighted by Crippen LogP contribution is 2.21. The fourth-order valence-electron chi connectivity index (χ4n) is 1.77. The van der Waals surface area contributed by atoms with Crippen LogP contribution in [0.5, 0.6) is 0 Å². The van der Waals surface area contributed by atoms with E-state index in [0.29, 0.717) is 10.6 Å². The maximum Gasteiger partial charge on any atom is 0.263 e. The Morgan fingerprint density at radius 2 is 2.05 bits per heavy atom. The Hall–Kier alpha value is -1.51. The van der Waals surface area contributed by atoms with Gasteiger partial charge in [-0.15, -0.1) is 10.2 Å². The highest BCUT2D eigenvalue weighted by atomic mass is 32.2. The molecule has 8 heteroatoms. The second kappa shape index (κ2) is 5.86. The van der Waals surface area contributed by atoms with Crippen LogP contribution in [0.4, 0.5) is 5.13 Å². The van der Waals surface area contributed by atoms with Crippen LogP contribution in [0.2, 0.25) is 0 Å². The van der Waals surface area contributed by atoms with Crippen LogP contribution in [0.25, 0.3) is 0 Å². The molecule has 2 rings (SSSR count). The highest BCUT2D eigenvalue weighted by molar-refractivity contribution is 7.93. The molecule has 1 aromatic heterocycles. The van der Waals surface area contributed by atoms with Gasteiger partial charge >= 0.3 is 0 Å². The van der Waals surface area contributed by atoms with Gasteiger partial charge in [-0.2, -0.15) is 0 Å². The van der Waals surface area contributed by atoms with Crippen LogP contribution in [-0.4, -0.2) is 23.7 Å². The Morgan fingerprint density at radius 1 is 1.30 bits per heavy atom. The zero-order valence-electron chi connectivity index (χ0n) is 11.1. The lowest BCUT2D eigenvalue weighted by atomic mass is 10.1. The summed E-state index contributed by atoms with van der Waals surface area (Å²) < 4.78 is 26.8. The molecule has 108 valence electrons. The van der Waals surface area contributed by atoms with Crippen molar-refractivity contribution in [3.8, 4) is 0 Å². The molecule has 20 heavy (non-hydrogen) atoms. The summed E-state index contributed by atoms with van der Waals surface area (Å²) in [5.74, 6) is 0. The van der Waals surface area contributed by atoms with Gasteiger partial charge < -0.3 is 5.11 Å². The SMILES string of the molecule is CCc1ccc(S(=O)(=O)Nc2nnc(C)s2)cc1CO. The van der Waals surface area contributed by atoms with Crippen LogP contribution < -0.4 is 4.72 Å². The molecule has 0 aliphatic carbocycles. The average molecular weight is 313 g/mol. The van der Waals surface area contributed by atoms with Gasteiger partial charge in [-0.3, -0.25) is 4.72 Å². The molecule has 0 aliphatic heterocycles. The van der Waals surface area contributed by atoms with Crippen molar-refractivity contribution in [2.24, 2.45) is 0 Å². The Labute approximate surface area is 121 Å². The summed E-state index contributed by atoms with van der Waals surface area (Å²) in [5, 5.41) is 17.7. The topological polar surface area (TPSA) is 92.2 Å². The molecule has 0 fully saturated rings. The molecule has 0 unspecified atom stereocenters. The van der Waals surface area contributed by atoms with E-state index in [-0.39, 0.29) is 16.6 Å². The first kappa shape index (κ1) is 14.9. The maximum absolute atomic E-state index is 12.2. The average Bonchev–Trinajstić information content (AvgIpc) is 2.82. The first-order valence-corrected chi connectivity index (χ1v) is 8.32. The molecule has 2 N–H and O–H groups in total. The summed E-state index contributed by atoms with van der Waals surface area (Å²) in [6.45, 7) is 3.50. The summed E-state index contributed by atoms with van der Waals surface area (Å²) in [6.07, 6.45) is 0.735. The van der Waals surface area contributed by atoms with Crippen molar-refractivity contribution in [1.82, 2.24) is 10.2 Å². The van der Waals surface area contributed by atoms with Gasteiger partial charge in [0.1, 0.15) is 5.01 Å². The van der Waals surface area contributed by atoms with E-state index in [4.69, 9.17) is 0 Å². The van der Waals surface area contributed by atoms with Gasteiger partial charge in [-0.05, 0) is 36.6 Å². The van der Waals surface area contributed by atoms with Crippen molar-refractivity contribution < 1.29 is 13.5 Å².